The van der Waals surface area contributed by atoms with Crippen LogP contribution in [0, 0.1) is 0 Å². The summed E-state index contributed by atoms with van der Waals surface area (Å²) in [5, 5.41) is 22.9. The summed E-state index contributed by atoms with van der Waals surface area (Å²) < 4.78 is 1.34. The van der Waals surface area contributed by atoms with Crippen LogP contribution >= 0.6 is 0 Å². The molecule has 0 atom stereocenters. The van der Waals surface area contributed by atoms with E-state index in [4.69, 9.17) is 0 Å². The fourth-order valence-corrected chi connectivity index (χ4v) is 3.40. The van der Waals surface area contributed by atoms with E-state index in [9.17, 15) is 19.8 Å². The van der Waals surface area contributed by atoms with Crippen LogP contribution in [0.5, 0.6) is 11.5 Å². The molecule has 0 aliphatic heterocycles. The van der Waals surface area contributed by atoms with E-state index in [-0.39, 0.29) is 17.1 Å². The molecule has 0 unspecified atom stereocenters. The van der Waals surface area contributed by atoms with Crippen LogP contribution in [0.2, 0.25) is 0 Å². The highest BCUT2D eigenvalue weighted by Crippen LogP contribution is 2.29. The average molecular weight is 371 g/mol. The highest BCUT2D eigenvalue weighted by Gasteiger charge is 2.19. The number of hydrogen-bond donors (Lipinski definition) is 2. The lowest BCUT2D eigenvalue weighted by Crippen LogP contribution is -2.24. The minimum atomic E-state index is -0.629. The number of phenols is 1. The molecule has 0 bridgehead atoms. The summed E-state index contributed by atoms with van der Waals surface area (Å²) in [5.74, 6) is -0.940. The summed E-state index contributed by atoms with van der Waals surface area (Å²) in [4.78, 5) is 25.4. The molecule has 3 aromatic carbocycles. The van der Waals surface area contributed by atoms with Crippen molar-refractivity contribution in [2.75, 3.05) is 0 Å². The van der Waals surface area contributed by atoms with Gasteiger partial charge in [0.25, 0.3) is 5.56 Å². The number of aryl methyl sites for hydroxylation is 1. The largest absolute Gasteiger partial charge is 0.507 e. The molecule has 0 spiro atoms. The second kappa shape index (κ2) is 6.70. The van der Waals surface area contributed by atoms with Gasteiger partial charge in [0.15, 0.2) is 5.78 Å². The molecule has 28 heavy (non-hydrogen) atoms. The van der Waals surface area contributed by atoms with Gasteiger partial charge in [-0.3, -0.25) is 9.59 Å². The van der Waals surface area contributed by atoms with Crippen LogP contribution in [0.4, 0.5) is 0 Å². The zero-order valence-corrected chi connectivity index (χ0v) is 15.1. The minimum absolute atomic E-state index is 0.0263. The van der Waals surface area contributed by atoms with E-state index in [2.05, 4.69) is 0 Å². The zero-order valence-electron chi connectivity index (χ0n) is 15.1. The third-order valence-corrected chi connectivity index (χ3v) is 4.87. The summed E-state index contributed by atoms with van der Waals surface area (Å²) >= 11 is 0. The molecule has 0 saturated heterocycles. The van der Waals surface area contributed by atoms with Gasteiger partial charge in [-0.2, -0.15) is 0 Å². The number of aromatic nitrogens is 1. The first kappa shape index (κ1) is 17.5. The van der Waals surface area contributed by atoms with Crippen LogP contribution < -0.4 is 5.56 Å². The molecular weight excluding hydrogens is 354 g/mol. The topological polar surface area (TPSA) is 79.5 Å². The number of rotatable bonds is 3. The van der Waals surface area contributed by atoms with Gasteiger partial charge in [0.05, 0.1) is 5.52 Å². The first-order chi connectivity index (χ1) is 13.5. The van der Waals surface area contributed by atoms with Crippen LogP contribution in [0.1, 0.15) is 15.9 Å². The SMILES string of the molecule is Cn1c(=O)c(C(=O)C=Cc2c(O)ccc3ccccc23)c(O)c2ccccc21. The number of ketones is 1. The number of allylic oxidation sites excluding steroid dienone is 1. The van der Waals surface area contributed by atoms with Gasteiger partial charge in [0.1, 0.15) is 17.1 Å². The monoisotopic (exact) mass is 371 g/mol. The first-order valence-electron chi connectivity index (χ1n) is 8.73. The molecule has 0 aliphatic carbocycles. The van der Waals surface area contributed by atoms with E-state index >= 15 is 0 Å². The fourth-order valence-electron chi connectivity index (χ4n) is 3.40. The van der Waals surface area contributed by atoms with E-state index in [0.717, 1.165) is 10.8 Å². The number of phenolic OH excluding ortho intramolecular Hbond substituents is 1. The van der Waals surface area contributed by atoms with Crippen molar-refractivity contribution in [3.8, 4) is 11.5 Å². The molecule has 5 nitrogen and oxygen atoms in total. The smallest absolute Gasteiger partial charge is 0.265 e. The van der Waals surface area contributed by atoms with Crippen molar-refractivity contribution in [2.24, 2.45) is 7.05 Å². The van der Waals surface area contributed by atoms with Gasteiger partial charge in [-0.05, 0) is 41.1 Å². The number of nitrogens with zero attached hydrogens (tertiary/aromatic N) is 1. The Bertz CT molecular complexity index is 1330. The van der Waals surface area contributed by atoms with Crippen LogP contribution in [-0.4, -0.2) is 20.6 Å². The summed E-state index contributed by atoms with van der Waals surface area (Å²) in [6.07, 6.45) is 2.67. The number of benzene rings is 3. The zero-order chi connectivity index (χ0) is 19.8. The molecule has 0 aliphatic rings. The second-order valence-electron chi connectivity index (χ2n) is 6.52. The van der Waals surface area contributed by atoms with Gasteiger partial charge in [-0.25, -0.2) is 0 Å². The highest BCUT2D eigenvalue weighted by atomic mass is 16.3. The molecule has 1 heterocycles. The van der Waals surface area contributed by atoms with Gasteiger partial charge in [0.2, 0.25) is 0 Å². The van der Waals surface area contributed by atoms with E-state index in [0.29, 0.717) is 16.5 Å². The number of para-hydroxylation sites is 1. The van der Waals surface area contributed by atoms with E-state index in [1.54, 1.807) is 43.4 Å². The number of carbonyl (C=O) groups is 1. The highest BCUT2D eigenvalue weighted by molar-refractivity contribution is 6.12. The van der Waals surface area contributed by atoms with Crippen molar-refractivity contribution in [3.05, 3.63) is 88.2 Å². The maximum absolute atomic E-state index is 12.8. The summed E-state index contributed by atoms with van der Waals surface area (Å²) in [6.45, 7) is 0. The molecule has 4 rings (SSSR count). The van der Waals surface area contributed by atoms with Crippen molar-refractivity contribution in [2.45, 2.75) is 0 Å². The molecule has 2 N–H and O–H groups in total. The van der Waals surface area contributed by atoms with Gasteiger partial charge < -0.3 is 14.8 Å². The third-order valence-electron chi connectivity index (χ3n) is 4.87. The quantitative estimate of drug-likeness (QED) is 0.421. The van der Waals surface area contributed by atoms with Gasteiger partial charge in [0, 0.05) is 18.0 Å². The molecule has 0 radical (unpaired) electrons. The van der Waals surface area contributed by atoms with Gasteiger partial charge in [-0.15, -0.1) is 0 Å². The maximum Gasteiger partial charge on any atom is 0.265 e. The number of fused-ring (bicyclic) bond motifs is 2. The lowest BCUT2D eigenvalue weighted by atomic mass is 10.0. The Morgan fingerprint density at radius 1 is 0.929 bits per heavy atom. The molecule has 0 amide bonds. The molecule has 138 valence electrons. The summed E-state index contributed by atoms with van der Waals surface area (Å²) in [7, 11) is 1.56. The maximum atomic E-state index is 12.8. The molecule has 5 heteroatoms. The minimum Gasteiger partial charge on any atom is -0.507 e. The Balaban J connectivity index is 1.85. The Labute approximate surface area is 160 Å². The van der Waals surface area contributed by atoms with Crippen LogP contribution in [0.15, 0.2) is 71.5 Å². The normalized spacial score (nSPS) is 11.5. The summed E-state index contributed by atoms with van der Waals surface area (Å²) in [5.41, 5.74) is 0.144. The van der Waals surface area contributed by atoms with Crippen molar-refractivity contribution in [1.82, 2.24) is 4.57 Å². The number of hydrogen-bond acceptors (Lipinski definition) is 4. The second-order valence-corrected chi connectivity index (χ2v) is 6.52. The Kier molecular flexibility index (Phi) is 4.20. The van der Waals surface area contributed by atoms with Crippen molar-refractivity contribution >= 4 is 33.5 Å². The van der Waals surface area contributed by atoms with Crippen LogP contribution in [0.25, 0.3) is 27.8 Å². The van der Waals surface area contributed by atoms with E-state index in [1.165, 1.54) is 16.7 Å². The predicted octanol–water partition coefficient (Wildman–Crippen LogP) is 4.00. The van der Waals surface area contributed by atoms with Crippen molar-refractivity contribution < 1.29 is 15.0 Å². The third kappa shape index (κ3) is 2.74. The van der Waals surface area contributed by atoms with E-state index in [1.807, 2.05) is 24.3 Å². The average Bonchev–Trinajstić information content (AvgIpc) is 2.71. The molecule has 4 aromatic rings. The molecule has 1 aromatic heterocycles. The number of carbonyl (C=O) groups excluding carboxylic acids is 1. The van der Waals surface area contributed by atoms with Crippen molar-refractivity contribution in [3.63, 3.8) is 0 Å². The standard InChI is InChI=1S/C23H17NO4/c1-24-18-9-5-4-8-17(18)22(27)21(23(24)28)20(26)13-11-16-15-7-3-2-6-14(15)10-12-19(16)25/h2-13,25,27H,1H3. The lowest BCUT2D eigenvalue weighted by molar-refractivity contribution is 0.104. The number of aromatic hydroxyl groups is 2. The predicted molar refractivity (Wildman–Crippen MR) is 110 cm³/mol. The van der Waals surface area contributed by atoms with Crippen LogP contribution in [-0.2, 0) is 7.05 Å². The van der Waals surface area contributed by atoms with Crippen molar-refractivity contribution in [1.29, 1.82) is 0 Å². The molecular formula is C23H17NO4. The Hall–Kier alpha value is -3.86. The molecule has 0 saturated carbocycles. The lowest BCUT2D eigenvalue weighted by Gasteiger charge is -2.10. The van der Waals surface area contributed by atoms with Gasteiger partial charge >= 0.3 is 0 Å². The summed E-state index contributed by atoms with van der Waals surface area (Å²) in [6, 6.07) is 17.6. The Morgan fingerprint density at radius 3 is 2.39 bits per heavy atom. The van der Waals surface area contributed by atoms with Crippen LogP contribution in [0.3, 0.4) is 0 Å². The van der Waals surface area contributed by atoms with E-state index < -0.39 is 11.3 Å². The first-order valence-corrected chi connectivity index (χ1v) is 8.73. The molecule has 0 fully saturated rings. The Morgan fingerprint density at radius 2 is 1.61 bits per heavy atom. The fraction of sp³-hybridized carbons (Fsp3) is 0.0435. The number of pyridine rings is 1. The van der Waals surface area contributed by atoms with Gasteiger partial charge in [-0.1, -0.05) is 42.5 Å².